The summed E-state index contributed by atoms with van der Waals surface area (Å²) in [6.45, 7) is 6.55. The van der Waals surface area contributed by atoms with Crippen molar-refractivity contribution in [1.29, 1.82) is 0 Å². The Kier molecular flexibility index (Phi) is 7.14. The fourth-order valence-corrected chi connectivity index (χ4v) is 2.74. The monoisotopic (exact) mass is 254 g/mol. The summed E-state index contributed by atoms with van der Waals surface area (Å²) < 4.78 is 0. The van der Waals surface area contributed by atoms with Gasteiger partial charge in [0.25, 0.3) is 0 Å². The Morgan fingerprint density at radius 1 is 1.28 bits per heavy atom. The fourth-order valence-electron chi connectivity index (χ4n) is 2.74. The van der Waals surface area contributed by atoms with Crippen molar-refractivity contribution >= 4 is 6.03 Å². The standard InChI is InChI=1S/C15H30N2O/c1-4-5-6-7-10-13(3)16-15(18)17-14-11-8-9-12(14)2/h12-14H,4-11H2,1-3H3,(H2,16,17,18). The number of carbonyl (C=O) groups is 1. The first kappa shape index (κ1) is 15.3. The van der Waals surface area contributed by atoms with Crippen molar-refractivity contribution < 1.29 is 4.79 Å². The van der Waals surface area contributed by atoms with Gasteiger partial charge in [0.05, 0.1) is 0 Å². The lowest BCUT2D eigenvalue weighted by Gasteiger charge is -2.20. The summed E-state index contributed by atoms with van der Waals surface area (Å²) in [6.07, 6.45) is 9.79. The van der Waals surface area contributed by atoms with Crippen molar-refractivity contribution in [2.45, 2.75) is 84.2 Å². The molecule has 0 aromatic carbocycles. The summed E-state index contributed by atoms with van der Waals surface area (Å²) in [6, 6.07) is 0.701. The van der Waals surface area contributed by atoms with Crippen LogP contribution in [0.3, 0.4) is 0 Å². The first-order chi connectivity index (χ1) is 8.63. The maximum absolute atomic E-state index is 11.8. The third-order valence-corrected chi connectivity index (χ3v) is 4.05. The van der Waals surface area contributed by atoms with Gasteiger partial charge in [-0.1, -0.05) is 46.0 Å². The maximum atomic E-state index is 11.8. The van der Waals surface area contributed by atoms with E-state index in [2.05, 4.69) is 31.4 Å². The second kappa shape index (κ2) is 8.39. The van der Waals surface area contributed by atoms with Gasteiger partial charge >= 0.3 is 6.03 Å². The van der Waals surface area contributed by atoms with Gasteiger partial charge in [-0.25, -0.2) is 4.79 Å². The molecule has 1 aliphatic rings. The predicted octanol–water partition coefficient (Wildman–Crippen LogP) is 3.83. The van der Waals surface area contributed by atoms with Gasteiger partial charge in [0.1, 0.15) is 0 Å². The van der Waals surface area contributed by atoms with Gasteiger partial charge in [-0.05, 0) is 32.1 Å². The van der Waals surface area contributed by atoms with Crippen molar-refractivity contribution in [2.24, 2.45) is 5.92 Å². The van der Waals surface area contributed by atoms with E-state index in [-0.39, 0.29) is 6.03 Å². The van der Waals surface area contributed by atoms with Crippen LogP contribution < -0.4 is 10.6 Å². The van der Waals surface area contributed by atoms with E-state index >= 15 is 0 Å². The van der Waals surface area contributed by atoms with E-state index in [0.29, 0.717) is 18.0 Å². The number of carbonyl (C=O) groups excluding carboxylic acids is 1. The van der Waals surface area contributed by atoms with Gasteiger partial charge in [-0.3, -0.25) is 0 Å². The molecule has 1 fully saturated rings. The highest BCUT2D eigenvalue weighted by atomic mass is 16.2. The second-order valence-electron chi connectivity index (χ2n) is 5.88. The van der Waals surface area contributed by atoms with E-state index in [4.69, 9.17) is 0 Å². The lowest BCUT2D eigenvalue weighted by atomic mass is 10.1. The first-order valence-electron chi connectivity index (χ1n) is 7.70. The molecule has 1 saturated carbocycles. The summed E-state index contributed by atoms with van der Waals surface area (Å²) in [4.78, 5) is 11.8. The summed E-state index contributed by atoms with van der Waals surface area (Å²) in [5.74, 6) is 0.635. The smallest absolute Gasteiger partial charge is 0.315 e. The van der Waals surface area contributed by atoms with Crippen LogP contribution in [0.15, 0.2) is 0 Å². The molecule has 1 rings (SSSR count). The SMILES string of the molecule is CCCCCCC(C)NC(=O)NC1CCCC1C. The highest BCUT2D eigenvalue weighted by Crippen LogP contribution is 2.24. The van der Waals surface area contributed by atoms with Crippen LogP contribution in [-0.2, 0) is 0 Å². The molecule has 3 atom stereocenters. The highest BCUT2D eigenvalue weighted by molar-refractivity contribution is 5.74. The van der Waals surface area contributed by atoms with Crippen LogP contribution in [0, 0.1) is 5.92 Å². The average molecular weight is 254 g/mol. The number of hydrogen-bond acceptors (Lipinski definition) is 1. The third kappa shape index (κ3) is 5.74. The zero-order valence-electron chi connectivity index (χ0n) is 12.3. The summed E-state index contributed by atoms with van der Waals surface area (Å²) in [5, 5.41) is 6.17. The Bertz CT molecular complexity index is 243. The number of nitrogens with one attached hydrogen (secondary N) is 2. The van der Waals surface area contributed by atoms with Crippen molar-refractivity contribution in [1.82, 2.24) is 10.6 Å². The Hall–Kier alpha value is -0.730. The minimum absolute atomic E-state index is 0.0248. The maximum Gasteiger partial charge on any atom is 0.315 e. The molecule has 106 valence electrons. The zero-order chi connectivity index (χ0) is 13.4. The number of hydrogen-bond donors (Lipinski definition) is 2. The molecule has 3 nitrogen and oxygen atoms in total. The molecule has 0 aromatic rings. The molecule has 2 N–H and O–H groups in total. The molecule has 0 radical (unpaired) electrons. The number of urea groups is 1. The van der Waals surface area contributed by atoms with Crippen LogP contribution in [-0.4, -0.2) is 18.1 Å². The lowest BCUT2D eigenvalue weighted by molar-refractivity contribution is 0.230. The van der Waals surface area contributed by atoms with Gasteiger partial charge in [-0.2, -0.15) is 0 Å². The molecule has 0 aromatic heterocycles. The van der Waals surface area contributed by atoms with Gasteiger partial charge in [0, 0.05) is 12.1 Å². The van der Waals surface area contributed by atoms with Crippen LogP contribution in [0.2, 0.25) is 0 Å². The van der Waals surface area contributed by atoms with Crippen molar-refractivity contribution in [3.05, 3.63) is 0 Å². The quantitative estimate of drug-likeness (QED) is 0.666. The highest BCUT2D eigenvalue weighted by Gasteiger charge is 2.24. The molecule has 3 heteroatoms. The van der Waals surface area contributed by atoms with Crippen molar-refractivity contribution in [3.8, 4) is 0 Å². The minimum Gasteiger partial charge on any atom is -0.336 e. The Morgan fingerprint density at radius 2 is 2.06 bits per heavy atom. The molecular formula is C15H30N2O. The van der Waals surface area contributed by atoms with Crippen LogP contribution >= 0.6 is 0 Å². The van der Waals surface area contributed by atoms with Crippen LogP contribution in [0.5, 0.6) is 0 Å². The number of rotatable bonds is 7. The predicted molar refractivity (Wildman–Crippen MR) is 76.7 cm³/mol. The minimum atomic E-state index is 0.0248. The average Bonchev–Trinajstić information content (AvgIpc) is 2.70. The van der Waals surface area contributed by atoms with E-state index in [1.807, 2.05) is 0 Å². The molecule has 0 bridgehead atoms. The largest absolute Gasteiger partial charge is 0.336 e. The molecule has 0 spiro atoms. The molecule has 3 unspecified atom stereocenters. The van der Waals surface area contributed by atoms with E-state index in [1.165, 1.54) is 38.5 Å². The van der Waals surface area contributed by atoms with Crippen molar-refractivity contribution in [2.75, 3.05) is 0 Å². The van der Waals surface area contributed by atoms with E-state index in [0.717, 1.165) is 12.8 Å². The van der Waals surface area contributed by atoms with Crippen LogP contribution in [0.4, 0.5) is 4.79 Å². The number of unbranched alkanes of at least 4 members (excludes halogenated alkanes) is 3. The topological polar surface area (TPSA) is 41.1 Å². The van der Waals surface area contributed by atoms with Crippen molar-refractivity contribution in [3.63, 3.8) is 0 Å². The lowest BCUT2D eigenvalue weighted by Crippen LogP contribution is -2.46. The molecule has 0 saturated heterocycles. The zero-order valence-corrected chi connectivity index (χ0v) is 12.3. The van der Waals surface area contributed by atoms with Gasteiger partial charge in [0.15, 0.2) is 0 Å². The van der Waals surface area contributed by atoms with E-state index in [9.17, 15) is 4.79 Å². The molecule has 18 heavy (non-hydrogen) atoms. The second-order valence-corrected chi connectivity index (χ2v) is 5.88. The summed E-state index contributed by atoms with van der Waals surface area (Å²) >= 11 is 0. The fraction of sp³-hybridized carbons (Fsp3) is 0.933. The molecule has 1 aliphatic carbocycles. The Balaban J connectivity index is 2.11. The molecule has 2 amide bonds. The molecule has 0 heterocycles. The molecular weight excluding hydrogens is 224 g/mol. The van der Waals surface area contributed by atoms with Crippen LogP contribution in [0.1, 0.15) is 72.1 Å². The van der Waals surface area contributed by atoms with Gasteiger partial charge in [-0.15, -0.1) is 0 Å². The normalized spacial score (nSPS) is 24.8. The number of amides is 2. The van der Waals surface area contributed by atoms with Gasteiger partial charge in [0.2, 0.25) is 0 Å². The summed E-state index contributed by atoms with van der Waals surface area (Å²) in [7, 11) is 0. The van der Waals surface area contributed by atoms with Gasteiger partial charge < -0.3 is 10.6 Å². The van der Waals surface area contributed by atoms with Crippen LogP contribution in [0.25, 0.3) is 0 Å². The van der Waals surface area contributed by atoms with E-state index < -0.39 is 0 Å². The first-order valence-corrected chi connectivity index (χ1v) is 7.70. The molecule has 0 aliphatic heterocycles. The Labute approximate surface area is 112 Å². The summed E-state index contributed by atoms with van der Waals surface area (Å²) in [5.41, 5.74) is 0. The third-order valence-electron chi connectivity index (χ3n) is 4.05. The Morgan fingerprint density at radius 3 is 2.67 bits per heavy atom. The van der Waals surface area contributed by atoms with E-state index in [1.54, 1.807) is 0 Å².